The van der Waals surface area contributed by atoms with Crippen molar-refractivity contribution in [1.29, 1.82) is 0 Å². The molecule has 1 fully saturated rings. The van der Waals surface area contributed by atoms with Gasteiger partial charge < -0.3 is 24.8 Å². The molecule has 1 aliphatic carbocycles. The number of amides is 2. The summed E-state index contributed by atoms with van der Waals surface area (Å²) >= 11 is 0. The van der Waals surface area contributed by atoms with E-state index in [0.29, 0.717) is 11.5 Å². The van der Waals surface area contributed by atoms with Crippen LogP contribution in [0.3, 0.4) is 0 Å². The molecule has 0 bridgehead atoms. The Morgan fingerprint density at radius 3 is 2.48 bits per heavy atom. The average molecular weight is 477 g/mol. The molecular weight excluding hydrogens is 448 g/mol. The van der Waals surface area contributed by atoms with E-state index in [1.54, 1.807) is 29.2 Å². The molecule has 9 nitrogen and oxygen atoms in total. The number of nitrogens with zero attached hydrogens (tertiary/aromatic N) is 1. The summed E-state index contributed by atoms with van der Waals surface area (Å²) in [5.74, 6) is -0.0381. The van der Waals surface area contributed by atoms with Gasteiger partial charge >= 0.3 is 0 Å². The lowest BCUT2D eigenvalue weighted by molar-refractivity contribution is -0.134. The number of para-hydroxylation sites is 2. The van der Waals surface area contributed by atoms with E-state index in [1.165, 1.54) is 32.2 Å². The van der Waals surface area contributed by atoms with Crippen molar-refractivity contribution in [1.82, 2.24) is 4.90 Å². The van der Waals surface area contributed by atoms with Crippen molar-refractivity contribution < 1.29 is 32.6 Å². The first-order valence-electron chi connectivity index (χ1n) is 10.7. The number of carbonyl (C=O) groups excluding carboxylic acids is 2. The Balaban J connectivity index is 1.58. The minimum atomic E-state index is -3.49. The fourth-order valence-corrected chi connectivity index (χ4v) is 4.17. The predicted octanol–water partition coefficient (Wildman–Crippen LogP) is 2.59. The van der Waals surface area contributed by atoms with Gasteiger partial charge in [0.25, 0.3) is 5.91 Å². The first-order valence-corrected chi connectivity index (χ1v) is 12.3. The van der Waals surface area contributed by atoms with Crippen LogP contribution in [0.25, 0.3) is 0 Å². The number of hydrogen-bond acceptors (Lipinski definition) is 7. The number of ether oxygens (including phenoxy) is 2. The second kappa shape index (κ2) is 10.6. The summed E-state index contributed by atoms with van der Waals surface area (Å²) in [5.41, 5.74) is 0.0123. The van der Waals surface area contributed by atoms with E-state index in [0.717, 1.165) is 12.8 Å². The zero-order valence-corrected chi connectivity index (χ0v) is 19.4. The third-order valence-corrected chi connectivity index (χ3v) is 7.02. The Hall–Kier alpha value is -3.27. The molecule has 33 heavy (non-hydrogen) atoms. The van der Waals surface area contributed by atoms with Crippen molar-refractivity contribution in [2.24, 2.45) is 0 Å². The summed E-state index contributed by atoms with van der Waals surface area (Å²) in [6, 6.07) is 10.8. The second-order valence-corrected chi connectivity index (χ2v) is 9.92. The van der Waals surface area contributed by atoms with Crippen molar-refractivity contribution in [3.63, 3.8) is 0 Å². The Kier molecular flexibility index (Phi) is 7.80. The van der Waals surface area contributed by atoms with E-state index in [-0.39, 0.29) is 53.6 Å². The average Bonchev–Trinajstić information content (AvgIpc) is 3.64. The monoisotopic (exact) mass is 476 g/mol. The molecule has 0 aromatic heterocycles. The van der Waals surface area contributed by atoms with Crippen LogP contribution in [0.4, 0.5) is 5.69 Å². The first kappa shape index (κ1) is 24.4. The smallest absolute Gasteiger partial charge is 0.260 e. The lowest BCUT2D eigenvalue weighted by Crippen LogP contribution is -2.38. The van der Waals surface area contributed by atoms with Crippen molar-refractivity contribution in [2.45, 2.75) is 37.1 Å². The molecule has 2 aromatic carbocycles. The number of anilines is 1. The van der Waals surface area contributed by atoms with Crippen LogP contribution in [0.1, 0.15) is 26.2 Å². The number of sulfone groups is 1. The molecule has 0 radical (unpaired) electrons. The minimum Gasteiger partial charge on any atom is -0.506 e. The summed E-state index contributed by atoms with van der Waals surface area (Å²) in [7, 11) is -1.97. The van der Waals surface area contributed by atoms with Gasteiger partial charge in [-0.25, -0.2) is 8.42 Å². The van der Waals surface area contributed by atoms with E-state index < -0.39 is 15.7 Å². The van der Waals surface area contributed by atoms with Crippen LogP contribution < -0.4 is 14.8 Å². The topological polar surface area (TPSA) is 122 Å². The lowest BCUT2D eigenvalue weighted by atomic mass is 10.2. The lowest BCUT2D eigenvalue weighted by Gasteiger charge is -2.22. The van der Waals surface area contributed by atoms with E-state index in [9.17, 15) is 23.1 Å². The van der Waals surface area contributed by atoms with Crippen molar-refractivity contribution in [3.8, 4) is 17.2 Å². The molecule has 10 heteroatoms. The van der Waals surface area contributed by atoms with Crippen LogP contribution in [0.2, 0.25) is 0 Å². The van der Waals surface area contributed by atoms with Crippen LogP contribution in [0.5, 0.6) is 17.2 Å². The van der Waals surface area contributed by atoms with E-state index >= 15 is 0 Å². The number of methoxy groups -OCH3 is 1. The molecule has 2 N–H and O–H groups in total. The van der Waals surface area contributed by atoms with Crippen LogP contribution in [-0.2, 0) is 19.4 Å². The van der Waals surface area contributed by atoms with Crippen LogP contribution >= 0.6 is 0 Å². The number of phenols is 1. The summed E-state index contributed by atoms with van der Waals surface area (Å²) in [6.07, 6.45) is 1.71. The highest BCUT2D eigenvalue weighted by Gasteiger charge is 2.33. The number of rotatable bonds is 11. The largest absolute Gasteiger partial charge is 0.506 e. The number of phenolic OH excluding ortho intramolecular Hbond substituents is 1. The number of benzene rings is 2. The standard InChI is InChI=1S/C23H28N2O7S/c1-3-33(29,30)17-10-11-19(26)18(14-17)24-22(27)12-13-25(16-8-9-16)23(28)15-32-21-7-5-4-6-20(21)31-2/h4-7,10-11,14,16,26H,3,8-9,12-13,15H2,1-2H3,(H,24,27). The molecule has 1 aliphatic rings. The molecule has 2 aromatic rings. The molecule has 0 unspecified atom stereocenters. The maximum absolute atomic E-state index is 12.7. The highest BCUT2D eigenvalue weighted by molar-refractivity contribution is 7.91. The second-order valence-electron chi connectivity index (χ2n) is 7.64. The Morgan fingerprint density at radius 1 is 1.15 bits per heavy atom. The van der Waals surface area contributed by atoms with E-state index in [2.05, 4.69) is 5.32 Å². The highest BCUT2D eigenvalue weighted by atomic mass is 32.2. The number of hydrogen-bond donors (Lipinski definition) is 2. The minimum absolute atomic E-state index is 0.0123. The van der Waals surface area contributed by atoms with Gasteiger partial charge in [0.2, 0.25) is 5.91 Å². The van der Waals surface area contributed by atoms with E-state index in [1.807, 2.05) is 0 Å². The fraction of sp³-hybridized carbons (Fsp3) is 0.391. The van der Waals surface area contributed by atoms with Crippen LogP contribution in [0, 0.1) is 0 Å². The maximum atomic E-state index is 12.7. The molecule has 3 rings (SSSR count). The number of nitrogens with one attached hydrogen (secondary N) is 1. The summed E-state index contributed by atoms with van der Waals surface area (Å²) in [4.78, 5) is 26.8. The van der Waals surface area contributed by atoms with Crippen LogP contribution in [-0.4, -0.2) is 62.3 Å². The third-order valence-electron chi connectivity index (χ3n) is 5.29. The first-order chi connectivity index (χ1) is 15.7. The molecular formula is C23H28N2O7S. The number of carbonyl (C=O) groups is 2. The Morgan fingerprint density at radius 2 is 1.85 bits per heavy atom. The Labute approximate surface area is 193 Å². The zero-order valence-electron chi connectivity index (χ0n) is 18.6. The molecule has 0 saturated heterocycles. The van der Waals surface area contributed by atoms with Gasteiger partial charge in [-0.05, 0) is 43.2 Å². The number of aromatic hydroxyl groups is 1. The van der Waals surface area contributed by atoms with Crippen LogP contribution in [0.15, 0.2) is 47.4 Å². The van der Waals surface area contributed by atoms with Gasteiger partial charge in [-0.3, -0.25) is 9.59 Å². The maximum Gasteiger partial charge on any atom is 0.260 e. The summed E-state index contributed by atoms with van der Waals surface area (Å²) < 4.78 is 35.0. The fourth-order valence-electron chi connectivity index (χ4n) is 3.27. The highest BCUT2D eigenvalue weighted by Crippen LogP contribution is 2.30. The van der Waals surface area contributed by atoms with E-state index in [4.69, 9.17) is 9.47 Å². The van der Waals surface area contributed by atoms with Gasteiger partial charge in [-0.1, -0.05) is 19.1 Å². The van der Waals surface area contributed by atoms with Gasteiger partial charge in [-0.2, -0.15) is 0 Å². The SMILES string of the molecule is CCS(=O)(=O)c1ccc(O)c(NC(=O)CCN(C(=O)COc2ccccc2OC)C2CC2)c1. The van der Waals surface area contributed by atoms with Crippen molar-refractivity contribution in [3.05, 3.63) is 42.5 Å². The molecule has 0 aliphatic heterocycles. The van der Waals surface area contributed by atoms with Gasteiger partial charge in [-0.15, -0.1) is 0 Å². The molecule has 1 saturated carbocycles. The third kappa shape index (κ3) is 6.38. The quantitative estimate of drug-likeness (QED) is 0.478. The molecule has 0 atom stereocenters. The van der Waals surface area contributed by atoms with Gasteiger partial charge in [0.1, 0.15) is 5.75 Å². The van der Waals surface area contributed by atoms with Gasteiger partial charge in [0.05, 0.1) is 23.4 Å². The van der Waals surface area contributed by atoms with Gasteiger partial charge in [0.15, 0.2) is 27.9 Å². The van der Waals surface area contributed by atoms with Gasteiger partial charge in [0, 0.05) is 19.0 Å². The zero-order chi connectivity index (χ0) is 24.0. The van der Waals surface area contributed by atoms with Crippen molar-refractivity contribution in [2.75, 3.05) is 31.3 Å². The van der Waals surface area contributed by atoms with Crippen molar-refractivity contribution >= 4 is 27.3 Å². The molecule has 178 valence electrons. The summed E-state index contributed by atoms with van der Waals surface area (Å²) in [5, 5.41) is 12.5. The normalized spacial score (nSPS) is 13.3. The molecule has 2 amide bonds. The Bertz CT molecular complexity index is 1110. The predicted molar refractivity (Wildman–Crippen MR) is 122 cm³/mol. The summed E-state index contributed by atoms with van der Waals surface area (Å²) in [6.45, 7) is 1.51. The molecule has 0 heterocycles. The molecule has 0 spiro atoms.